The summed E-state index contributed by atoms with van der Waals surface area (Å²) in [5.41, 5.74) is 4.14. The molecule has 0 fully saturated rings. The Morgan fingerprint density at radius 1 is 1.13 bits per heavy atom. The van der Waals surface area contributed by atoms with E-state index in [2.05, 4.69) is 29.3 Å². The zero-order valence-electron chi connectivity index (χ0n) is 8.92. The molecule has 0 saturated carbocycles. The van der Waals surface area contributed by atoms with Crippen molar-refractivity contribution in [3.05, 3.63) is 57.0 Å². The largest absolute Gasteiger partial charge is 0.302 e. The van der Waals surface area contributed by atoms with Crippen molar-refractivity contribution in [1.29, 1.82) is 0 Å². The van der Waals surface area contributed by atoms with Crippen LogP contribution in [0.4, 0.5) is 0 Å². The molecular formula is C12H14N2O. The summed E-state index contributed by atoms with van der Waals surface area (Å²) in [6, 6.07) is 8.12. The van der Waals surface area contributed by atoms with Gasteiger partial charge in [-0.05, 0) is 25.0 Å². The lowest BCUT2D eigenvalue weighted by Crippen LogP contribution is -2.07. The molecule has 0 radical (unpaired) electrons. The van der Waals surface area contributed by atoms with Gasteiger partial charge in [0.1, 0.15) is 0 Å². The molecule has 0 unspecified atom stereocenters. The predicted molar refractivity (Wildman–Crippen MR) is 60.1 cm³/mol. The van der Waals surface area contributed by atoms with Crippen LogP contribution in [-0.4, -0.2) is 10.2 Å². The average molecular weight is 202 g/mol. The average Bonchev–Trinajstić information content (AvgIpc) is 2.53. The number of H-pyrrole nitrogens is 2. The number of rotatable bonds is 2. The smallest absolute Gasteiger partial charge is 0.267 e. The van der Waals surface area contributed by atoms with E-state index in [1.807, 2.05) is 19.1 Å². The molecular weight excluding hydrogens is 188 g/mol. The van der Waals surface area contributed by atoms with Crippen molar-refractivity contribution in [3.8, 4) is 0 Å². The van der Waals surface area contributed by atoms with Gasteiger partial charge in [0.05, 0.1) is 0 Å². The molecule has 0 atom stereocenters. The van der Waals surface area contributed by atoms with Crippen molar-refractivity contribution in [2.45, 2.75) is 20.3 Å². The van der Waals surface area contributed by atoms with Gasteiger partial charge in [-0.3, -0.25) is 9.89 Å². The maximum absolute atomic E-state index is 11.5. The molecule has 2 aromatic rings. The highest BCUT2D eigenvalue weighted by molar-refractivity contribution is 5.32. The van der Waals surface area contributed by atoms with Crippen molar-refractivity contribution in [1.82, 2.24) is 10.2 Å². The Morgan fingerprint density at radius 3 is 2.47 bits per heavy atom. The molecule has 1 aromatic carbocycles. The summed E-state index contributed by atoms with van der Waals surface area (Å²) in [6.45, 7) is 3.97. The van der Waals surface area contributed by atoms with Gasteiger partial charge >= 0.3 is 0 Å². The van der Waals surface area contributed by atoms with E-state index < -0.39 is 0 Å². The second-order valence-corrected chi connectivity index (χ2v) is 3.79. The lowest BCUT2D eigenvalue weighted by Gasteiger charge is -2.03. The summed E-state index contributed by atoms with van der Waals surface area (Å²) < 4.78 is 0. The second-order valence-electron chi connectivity index (χ2n) is 3.79. The molecule has 3 nitrogen and oxygen atoms in total. The molecule has 2 rings (SSSR count). The van der Waals surface area contributed by atoms with E-state index in [0.29, 0.717) is 6.42 Å². The van der Waals surface area contributed by atoms with Crippen LogP contribution in [0.25, 0.3) is 0 Å². The van der Waals surface area contributed by atoms with Crippen LogP contribution in [0.15, 0.2) is 29.1 Å². The minimum atomic E-state index is -0.0178. The van der Waals surface area contributed by atoms with Gasteiger partial charge in [-0.25, -0.2) is 0 Å². The summed E-state index contributed by atoms with van der Waals surface area (Å²) >= 11 is 0. The van der Waals surface area contributed by atoms with Crippen LogP contribution in [0.1, 0.15) is 22.4 Å². The third-order valence-electron chi connectivity index (χ3n) is 2.72. The third-order valence-corrected chi connectivity index (χ3v) is 2.72. The van der Waals surface area contributed by atoms with Crippen LogP contribution >= 0.6 is 0 Å². The van der Waals surface area contributed by atoms with E-state index in [0.717, 1.165) is 11.3 Å². The summed E-state index contributed by atoms with van der Waals surface area (Å²) in [5.74, 6) is 0. The Bertz CT molecular complexity index is 522. The molecule has 0 amide bonds. The minimum absolute atomic E-state index is 0.0178. The van der Waals surface area contributed by atoms with E-state index in [9.17, 15) is 4.79 Å². The highest BCUT2D eigenvalue weighted by Gasteiger charge is 2.07. The Balaban J connectivity index is 2.38. The number of hydrogen-bond donors (Lipinski definition) is 2. The van der Waals surface area contributed by atoms with Gasteiger partial charge < -0.3 is 5.10 Å². The molecule has 0 aliphatic carbocycles. The molecule has 1 aromatic heterocycles. The first-order valence-electron chi connectivity index (χ1n) is 4.99. The van der Waals surface area contributed by atoms with Gasteiger partial charge in [0.25, 0.3) is 5.56 Å². The molecule has 0 saturated heterocycles. The summed E-state index contributed by atoms with van der Waals surface area (Å²) in [7, 11) is 0. The van der Waals surface area contributed by atoms with Gasteiger partial charge in [0, 0.05) is 17.7 Å². The van der Waals surface area contributed by atoms with Crippen molar-refractivity contribution in [2.24, 2.45) is 0 Å². The van der Waals surface area contributed by atoms with Crippen LogP contribution in [0, 0.1) is 13.8 Å². The maximum atomic E-state index is 11.5. The van der Waals surface area contributed by atoms with Gasteiger partial charge in [0.2, 0.25) is 0 Å². The number of aryl methyl sites for hydroxylation is 2. The molecule has 3 heteroatoms. The van der Waals surface area contributed by atoms with Crippen LogP contribution in [0.5, 0.6) is 0 Å². The van der Waals surface area contributed by atoms with Crippen molar-refractivity contribution in [3.63, 3.8) is 0 Å². The van der Waals surface area contributed by atoms with Crippen molar-refractivity contribution in [2.75, 3.05) is 0 Å². The van der Waals surface area contributed by atoms with E-state index in [4.69, 9.17) is 0 Å². The number of nitrogens with one attached hydrogen (secondary N) is 2. The Labute approximate surface area is 88.1 Å². The standard InChI is InChI=1S/C12H14N2O/c1-8-5-3-4-6-10(8)7-11-9(2)13-14-12(11)15/h3-6H,7H2,1-2H3,(H2,13,14,15). The Morgan fingerprint density at radius 2 is 1.87 bits per heavy atom. The monoisotopic (exact) mass is 202 g/mol. The van der Waals surface area contributed by atoms with Crippen molar-refractivity contribution < 1.29 is 0 Å². The fourth-order valence-corrected chi connectivity index (χ4v) is 1.68. The van der Waals surface area contributed by atoms with E-state index in [1.54, 1.807) is 0 Å². The number of aromatic nitrogens is 2. The summed E-state index contributed by atoms with van der Waals surface area (Å²) in [6.07, 6.45) is 0.692. The van der Waals surface area contributed by atoms with Crippen LogP contribution < -0.4 is 5.56 Å². The minimum Gasteiger partial charge on any atom is -0.302 e. The number of hydrogen-bond acceptors (Lipinski definition) is 1. The fourth-order valence-electron chi connectivity index (χ4n) is 1.68. The first kappa shape index (κ1) is 9.77. The molecule has 78 valence electrons. The lowest BCUT2D eigenvalue weighted by molar-refractivity contribution is 1.02. The van der Waals surface area contributed by atoms with Crippen LogP contribution in [-0.2, 0) is 6.42 Å². The molecule has 0 spiro atoms. The van der Waals surface area contributed by atoms with Gasteiger partial charge in [-0.15, -0.1) is 0 Å². The van der Waals surface area contributed by atoms with Gasteiger partial charge in [0.15, 0.2) is 0 Å². The molecule has 2 N–H and O–H groups in total. The molecule has 15 heavy (non-hydrogen) atoms. The maximum Gasteiger partial charge on any atom is 0.267 e. The van der Waals surface area contributed by atoms with Crippen LogP contribution in [0.2, 0.25) is 0 Å². The summed E-state index contributed by atoms with van der Waals surface area (Å²) in [5, 5.41) is 5.44. The number of aromatic amines is 2. The highest BCUT2D eigenvalue weighted by Crippen LogP contribution is 2.12. The zero-order valence-corrected chi connectivity index (χ0v) is 8.92. The SMILES string of the molecule is Cc1ccccc1Cc1c(C)[nH][nH]c1=O. The summed E-state index contributed by atoms with van der Waals surface area (Å²) in [4.78, 5) is 11.5. The van der Waals surface area contributed by atoms with E-state index in [-0.39, 0.29) is 5.56 Å². The topological polar surface area (TPSA) is 48.6 Å². The Hall–Kier alpha value is -1.77. The normalized spacial score (nSPS) is 10.5. The van der Waals surface area contributed by atoms with E-state index >= 15 is 0 Å². The second kappa shape index (κ2) is 3.77. The quantitative estimate of drug-likeness (QED) is 0.767. The van der Waals surface area contributed by atoms with Gasteiger partial charge in [-0.2, -0.15) is 0 Å². The van der Waals surface area contributed by atoms with E-state index in [1.165, 1.54) is 11.1 Å². The molecule has 0 aliphatic rings. The predicted octanol–water partition coefficient (Wildman–Crippen LogP) is 1.91. The van der Waals surface area contributed by atoms with Crippen molar-refractivity contribution >= 4 is 0 Å². The molecule has 1 heterocycles. The first-order valence-corrected chi connectivity index (χ1v) is 4.99. The fraction of sp³-hybridized carbons (Fsp3) is 0.250. The van der Waals surface area contributed by atoms with Gasteiger partial charge in [-0.1, -0.05) is 24.3 Å². The third kappa shape index (κ3) is 1.86. The highest BCUT2D eigenvalue weighted by atomic mass is 16.1. The lowest BCUT2D eigenvalue weighted by atomic mass is 10.0. The Kier molecular flexibility index (Phi) is 2.46. The number of benzene rings is 1. The zero-order chi connectivity index (χ0) is 10.8. The van der Waals surface area contributed by atoms with Crippen LogP contribution in [0.3, 0.4) is 0 Å². The molecule has 0 bridgehead atoms. The molecule has 0 aliphatic heterocycles. The first-order chi connectivity index (χ1) is 7.18.